The van der Waals surface area contributed by atoms with E-state index in [1.807, 2.05) is 43.5 Å². The maximum absolute atomic E-state index is 12.9. The fraction of sp³-hybridized carbons (Fsp3) is 0.296. The first-order valence-electron chi connectivity index (χ1n) is 11.5. The zero-order valence-electron chi connectivity index (χ0n) is 19.3. The number of carbonyl (C=O) groups excluding carboxylic acids is 2. The average molecular weight is 458 g/mol. The third kappa shape index (κ3) is 4.26. The molecule has 2 aliphatic rings. The predicted octanol–water partition coefficient (Wildman–Crippen LogP) is 4.34. The standard InChI is InChI=1S/C27H27N3O4/c1-17-23-16-28-11-10-21(23)22-9-8-19(14-24(22)34-17)26(31)29-15-18-5-3-6-20(13-18)27(32)30(2)25-7-4-12-33-25/h3,5-6,8-11,13-14,16-17,25H,4,7,12,15H2,1-2H3,(H,29,31). The summed E-state index contributed by atoms with van der Waals surface area (Å²) in [7, 11) is 1.76. The van der Waals surface area contributed by atoms with E-state index in [1.54, 1.807) is 36.3 Å². The molecule has 1 N–H and O–H groups in total. The minimum atomic E-state index is -0.201. The molecule has 2 atom stereocenters. The molecule has 174 valence electrons. The van der Waals surface area contributed by atoms with Crippen molar-refractivity contribution >= 4 is 11.8 Å². The molecule has 2 amide bonds. The van der Waals surface area contributed by atoms with E-state index in [2.05, 4.69) is 10.3 Å². The molecule has 0 spiro atoms. The van der Waals surface area contributed by atoms with Crippen LogP contribution < -0.4 is 10.1 Å². The molecule has 1 aromatic heterocycles. The van der Waals surface area contributed by atoms with Crippen molar-refractivity contribution in [3.63, 3.8) is 0 Å². The number of nitrogens with one attached hydrogen (secondary N) is 1. The SMILES string of the molecule is CC1Oc2cc(C(=O)NCc3cccc(C(=O)N(C)C4CCCO4)c3)ccc2-c2ccncc21. The van der Waals surface area contributed by atoms with E-state index in [-0.39, 0.29) is 24.1 Å². The number of hydrogen-bond acceptors (Lipinski definition) is 5. The largest absolute Gasteiger partial charge is 0.485 e. The van der Waals surface area contributed by atoms with Crippen molar-refractivity contribution < 1.29 is 19.1 Å². The number of pyridine rings is 1. The van der Waals surface area contributed by atoms with Gasteiger partial charge in [0, 0.05) is 54.8 Å². The summed E-state index contributed by atoms with van der Waals surface area (Å²) in [6.45, 7) is 2.97. The second-order valence-corrected chi connectivity index (χ2v) is 8.70. The lowest BCUT2D eigenvalue weighted by molar-refractivity contribution is 0.000867. The van der Waals surface area contributed by atoms with Crippen LogP contribution in [-0.2, 0) is 11.3 Å². The zero-order valence-corrected chi connectivity index (χ0v) is 19.3. The van der Waals surface area contributed by atoms with Crippen LogP contribution in [0.1, 0.15) is 57.7 Å². The van der Waals surface area contributed by atoms with E-state index in [0.29, 0.717) is 30.0 Å². The summed E-state index contributed by atoms with van der Waals surface area (Å²) >= 11 is 0. The molecule has 3 aromatic rings. The maximum Gasteiger partial charge on any atom is 0.255 e. The lowest BCUT2D eigenvalue weighted by Gasteiger charge is -2.26. The van der Waals surface area contributed by atoms with Crippen molar-refractivity contribution in [3.8, 4) is 16.9 Å². The molecule has 0 aliphatic carbocycles. The number of fused-ring (bicyclic) bond motifs is 3. The van der Waals surface area contributed by atoms with Crippen LogP contribution in [-0.4, -0.2) is 41.6 Å². The Morgan fingerprint density at radius 3 is 2.82 bits per heavy atom. The number of benzene rings is 2. The van der Waals surface area contributed by atoms with Gasteiger partial charge in [-0.05, 0) is 67.3 Å². The minimum absolute atomic E-state index is 0.0866. The molecule has 0 bridgehead atoms. The highest BCUT2D eigenvalue weighted by atomic mass is 16.5. The Labute approximate surface area is 198 Å². The van der Waals surface area contributed by atoms with Crippen molar-refractivity contribution in [1.29, 1.82) is 0 Å². The Kier molecular flexibility index (Phi) is 6.02. The second kappa shape index (κ2) is 9.27. The van der Waals surface area contributed by atoms with Gasteiger partial charge in [0.15, 0.2) is 0 Å². The van der Waals surface area contributed by atoms with E-state index in [0.717, 1.165) is 35.1 Å². The number of carbonyl (C=O) groups is 2. The molecular formula is C27H27N3O4. The summed E-state index contributed by atoms with van der Waals surface area (Å²) in [4.78, 5) is 31.5. The highest BCUT2D eigenvalue weighted by Gasteiger charge is 2.26. The van der Waals surface area contributed by atoms with Gasteiger partial charge in [-0.1, -0.05) is 12.1 Å². The fourth-order valence-corrected chi connectivity index (χ4v) is 4.51. The molecule has 2 unspecified atom stereocenters. The van der Waals surface area contributed by atoms with E-state index in [9.17, 15) is 9.59 Å². The second-order valence-electron chi connectivity index (χ2n) is 8.70. The molecule has 7 heteroatoms. The van der Waals surface area contributed by atoms with Gasteiger partial charge < -0.3 is 19.7 Å². The van der Waals surface area contributed by atoms with Gasteiger partial charge in [0.2, 0.25) is 0 Å². The van der Waals surface area contributed by atoms with Gasteiger partial charge >= 0.3 is 0 Å². The Morgan fingerprint density at radius 1 is 1.12 bits per heavy atom. The average Bonchev–Trinajstić information content (AvgIpc) is 3.41. The number of hydrogen-bond donors (Lipinski definition) is 1. The summed E-state index contributed by atoms with van der Waals surface area (Å²) < 4.78 is 11.7. The van der Waals surface area contributed by atoms with Crippen LogP contribution in [0.5, 0.6) is 5.75 Å². The molecule has 0 saturated carbocycles. The predicted molar refractivity (Wildman–Crippen MR) is 127 cm³/mol. The van der Waals surface area contributed by atoms with E-state index in [1.165, 1.54) is 0 Å². The van der Waals surface area contributed by atoms with E-state index in [4.69, 9.17) is 9.47 Å². The van der Waals surface area contributed by atoms with Gasteiger partial charge in [-0.2, -0.15) is 0 Å². The molecule has 2 aliphatic heterocycles. The topological polar surface area (TPSA) is 80.8 Å². The molecule has 1 fully saturated rings. The highest BCUT2D eigenvalue weighted by Crippen LogP contribution is 2.42. The van der Waals surface area contributed by atoms with E-state index >= 15 is 0 Å². The van der Waals surface area contributed by atoms with E-state index < -0.39 is 0 Å². The number of amides is 2. The fourth-order valence-electron chi connectivity index (χ4n) is 4.51. The first-order chi connectivity index (χ1) is 16.5. The van der Waals surface area contributed by atoms with Gasteiger partial charge in [-0.25, -0.2) is 0 Å². The van der Waals surface area contributed by atoms with Gasteiger partial charge in [0.05, 0.1) is 0 Å². The third-order valence-corrected chi connectivity index (χ3v) is 6.41. The lowest BCUT2D eigenvalue weighted by atomic mass is 9.94. The first-order valence-corrected chi connectivity index (χ1v) is 11.5. The normalized spacial score (nSPS) is 18.4. The quantitative estimate of drug-likeness (QED) is 0.617. The summed E-state index contributed by atoms with van der Waals surface area (Å²) in [6, 6.07) is 14.8. The molecule has 7 nitrogen and oxygen atoms in total. The van der Waals surface area contributed by atoms with Gasteiger partial charge in [0.25, 0.3) is 11.8 Å². The van der Waals surface area contributed by atoms with Crippen LogP contribution in [0.4, 0.5) is 0 Å². The van der Waals surface area contributed by atoms with Gasteiger partial charge in [-0.3, -0.25) is 14.6 Å². The molecule has 3 heterocycles. The Hall–Kier alpha value is -3.71. The summed E-state index contributed by atoms with van der Waals surface area (Å²) in [5.41, 5.74) is 5.01. The van der Waals surface area contributed by atoms with Gasteiger partial charge in [0.1, 0.15) is 18.1 Å². The Bertz CT molecular complexity index is 1240. The zero-order chi connectivity index (χ0) is 23.7. The third-order valence-electron chi connectivity index (χ3n) is 6.41. The summed E-state index contributed by atoms with van der Waals surface area (Å²) in [6.07, 6.45) is 5.09. The number of nitrogens with zero attached hydrogens (tertiary/aromatic N) is 2. The van der Waals surface area contributed by atoms with Crippen molar-refractivity contribution in [2.75, 3.05) is 13.7 Å². The van der Waals surface area contributed by atoms with Crippen LogP contribution in [0.2, 0.25) is 0 Å². The van der Waals surface area contributed by atoms with Crippen molar-refractivity contribution in [3.05, 3.63) is 83.2 Å². The van der Waals surface area contributed by atoms with Gasteiger partial charge in [-0.15, -0.1) is 0 Å². The number of rotatable bonds is 5. The van der Waals surface area contributed by atoms with Crippen LogP contribution >= 0.6 is 0 Å². The molecule has 2 aromatic carbocycles. The smallest absolute Gasteiger partial charge is 0.255 e. The Morgan fingerprint density at radius 2 is 2.00 bits per heavy atom. The van der Waals surface area contributed by atoms with Crippen molar-refractivity contribution in [2.45, 2.75) is 38.6 Å². The van der Waals surface area contributed by atoms with Crippen LogP contribution in [0, 0.1) is 0 Å². The Balaban J connectivity index is 1.27. The molecule has 1 saturated heterocycles. The molecule has 5 rings (SSSR count). The monoisotopic (exact) mass is 457 g/mol. The first kappa shape index (κ1) is 22.1. The molecule has 0 radical (unpaired) electrons. The highest BCUT2D eigenvalue weighted by molar-refractivity contribution is 5.96. The molecular weight excluding hydrogens is 430 g/mol. The summed E-state index contributed by atoms with van der Waals surface area (Å²) in [5, 5.41) is 2.95. The minimum Gasteiger partial charge on any atom is -0.485 e. The summed E-state index contributed by atoms with van der Waals surface area (Å²) in [5.74, 6) is 0.396. The van der Waals surface area contributed by atoms with Crippen LogP contribution in [0.3, 0.4) is 0 Å². The van der Waals surface area contributed by atoms with Crippen molar-refractivity contribution in [1.82, 2.24) is 15.2 Å². The lowest BCUT2D eigenvalue weighted by Crippen LogP contribution is -2.36. The van der Waals surface area contributed by atoms with Crippen LogP contribution in [0.15, 0.2) is 60.9 Å². The molecule has 34 heavy (non-hydrogen) atoms. The number of ether oxygens (including phenoxy) is 2. The maximum atomic E-state index is 12.9. The number of aromatic nitrogens is 1. The van der Waals surface area contributed by atoms with Crippen molar-refractivity contribution in [2.24, 2.45) is 0 Å². The van der Waals surface area contributed by atoms with Crippen LogP contribution in [0.25, 0.3) is 11.1 Å².